The minimum atomic E-state index is -2.36. The number of likely N-dealkylation sites (tertiary alicyclic amines) is 1. The number of imidazole rings is 1. The van der Waals surface area contributed by atoms with Crippen LogP contribution in [0.4, 0.5) is 8.78 Å². The van der Waals surface area contributed by atoms with E-state index in [1.165, 1.54) is 24.4 Å². The highest BCUT2D eigenvalue weighted by atomic mass is 19.3. The largest absolute Gasteiger partial charge is 0.490 e. The second-order valence-electron chi connectivity index (χ2n) is 8.42. The Hall–Kier alpha value is -2.41. The van der Waals surface area contributed by atoms with E-state index in [1.54, 1.807) is 10.8 Å². The lowest BCUT2D eigenvalue weighted by molar-refractivity contribution is 0.0965. The van der Waals surface area contributed by atoms with Crippen molar-refractivity contribution in [2.24, 2.45) is 0 Å². The van der Waals surface area contributed by atoms with Crippen molar-refractivity contribution in [3.05, 3.63) is 48.2 Å². The first kappa shape index (κ1) is 19.5. The number of piperidine rings is 1. The highest BCUT2D eigenvalue weighted by Crippen LogP contribution is 2.30. The lowest BCUT2D eigenvalue weighted by atomic mass is 10.1. The van der Waals surface area contributed by atoms with Gasteiger partial charge in [0.15, 0.2) is 0 Å². The number of fused-ring (bicyclic) bond motifs is 2. The molecule has 0 radical (unpaired) electrons. The molecule has 0 N–H and O–H groups in total. The van der Waals surface area contributed by atoms with E-state index in [0.717, 1.165) is 62.1 Å². The van der Waals surface area contributed by atoms with Gasteiger partial charge in [-0.1, -0.05) is 6.07 Å². The standard InChI is InChI=1S/C23H28F2N4O/c24-22(25)16-28-13-9-19-20(28)4-3-5-21(19)30-18-7-11-27(12-8-18)15-17-14-26-23-6-1-2-10-29(17)23/h3-5,9,13-14,18,22H,1-2,6-8,10-12,15-16H2. The van der Waals surface area contributed by atoms with Crippen molar-refractivity contribution in [2.75, 3.05) is 13.1 Å². The van der Waals surface area contributed by atoms with Crippen LogP contribution < -0.4 is 4.74 Å². The number of alkyl halides is 2. The molecule has 0 spiro atoms. The molecule has 2 aliphatic rings. The van der Waals surface area contributed by atoms with Crippen LogP contribution in [0.25, 0.3) is 10.9 Å². The Balaban J connectivity index is 1.20. The quantitative estimate of drug-likeness (QED) is 0.597. The molecule has 0 unspecified atom stereocenters. The molecular formula is C23H28F2N4O. The van der Waals surface area contributed by atoms with Crippen LogP contribution in [0.3, 0.4) is 0 Å². The lowest BCUT2D eigenvalue weighted by Crippen LogP contribution is -2.38. The summed E-state index contributed by atoms with van der Waals surface area (Å²) in [6.07, 6.45) is 7.09. The number of aryl methyl sites for hydroxylation is 1. The summed E-state index contributed by atoms with van der Waals surface area (Å²) in [7, 11) is 0. The maximum atomic E-state index is 12.8. The van der Waals surface area contributed by atoms with Crippen LogP contribution in [-0.4, -0.2) is 44.6 Å². The van der Waals surface area contributed by atoms with Crippen LogP contribution in [0, 0.1) is 0 Å². The average Bonchev–Trinajstić information content (AvgIpc) is 3.34. The molecule has 5 nitrogen and oxygen atoms in total. The molecular weight excluding hydrogens is 386 g/mol. The molecule has 0 bridgehead atoms. The van der Waals surface area contributed by atoms with Crippen molar-refractivity contribution in [1.29, 1.82) is 0 Å². The maximum Gasteiger partial charge on any atom is 0.256 e. The van der Waals surface area contributed by atoms with Crippen molar-refractivity contribution in [3.63, 3.8) is 0 Å². The van der Waals surface area contributed by atoms with E-state index in [-0.39, 0.29) is 12.6 Å². The van der Waals surface area contributed by atoms with Crippen LogP contribution in [0.1, 0.15) is 37.2 Å². The number of hydrogen-bond donors (Lipinski definition) is 0. The normalized spacial score (nSPS) is 18.2. The fourth-order valence-corrected chi connectivity index (χ4v) is 4.81. The Kier molecular flexibility index (Phi) is 5.46. The minimum absolute atomic E-state index is 0.157. The van der Waals surface area contributed by atoms with Gasteiger partial charge in [0.2, 0.25) is 0 Å². The van der Waals surface area contributed by atoms with Gasteiger partial charge in [0.05, 0.1) is 17.8 Å². The van der Waals surface area contributed by atoms with Crippen LogP contribution in [0.5, 0.6) is 5.75 Å². The van der Waals surface area contributed by atoms with Gasteiger partial charge >= 0.3 is 0 Å². The van der Waals surface area contributed by atoms with Gasteiger partial charge in [0.25, 0.3) is 6.43 Å². The Bertz CT molecular complexity index is 1000. The van der Waals surface area contributed by atoms with E-state index in [2.05, 4.69) is 14.5 Å². The molecule has 0 aliphatic carbocycles. The minimum Gasteiger partial charge on any atom is -0.490 e. The SMILES string of the molecule is FC(F)Cn1ccc2c(OC3CCN(Cc4cnc5n4CCCC5)CC3)cccc21. The van der Waals surface area contributed by atoms with Gasteiger partial charge in [-0.3, -0.25) is 4.90 Å². The van der Waals surface area contributed by atoms with Gasteiger partial charge < -0.3 is 13.9 Å². The third-order valence-corrected chi connectivity index (χ3v) is 6.38. The number of halogens is 2. The Morgan fingerprint density at radius 1 is 1.10 bits per heavy atom. The highest BCUT2D eigenvalue weighted by Gasteiger charge is 2.23. The zero-order valence-electron chi connectivity index (χ0n) is 17.1. The molecule has 0 saturated carbocycles. The predicted molar refractivity (Wildman–Crippen MR) is 112 cm³/mol. The second kappa shape index (κ2) is 8.38. The van der Waals surface area contributed by atoms with E-state index in [4.69, 9.17) is 4.74 Å². The summed E-state index contributed by atoms with van der Waals surface area (Å²) in [4.78, 5) is 7.09. The third-order valence-electron chi connectivity index (χ3n) is 6.38. The van der Waals surface area contributed by atoms with Crippen molar-refractivity contribution >= 4 is 10.9 Å². The molecule has 0 amide bonds. The highest BCUT2D eigenvalue weighted by molar-refractivity contribution is 5.86. The molecule has 2 aromatic heterocycles. The number of hydrogen-bond acceptors (Lipinski definition) is 3. The molecule has 5 rings (SSSR count). The molecule has 1 aromatic carbocycles. The van der Waals surface area contributed by atoms with Gasteiger partial charge in [0, 0.05) is 50.4 Å². The van der Waals surface area contributed by atoms with Crippen LogP contribution in [0.2, 0.25) is 0 Å². The first-order valence-corrected chi connectivity index (χ1v) is 11.0. The monoisotopic (exact) mass is 414 g/mol. The summed E-state index contributed by atoms with van der Waals surface area (Å²) < 4.78 is 35.9. The molecule has 2 aliphatic heterocycles. The van der Waals surface area contributed by atoms with E-state index in [9.17, 15) is 8.78 Å². The molecule has 1 saturated heterocycles. The Morgan fingerprint density at radius 3 is 2.80 bits per heavy atom. The molecule has 7 heteroatoms. The molecule has 160 valence electrons. The van der Waals surface area contributed by atoms with E-state index < -0.39 is 6.43 Å². The van der Waals surface area contributed by atoms with Gasteiger partial charge in [-0.25, -0.2) is 13.8 Å². The fourth-order valence-electron chi connectivity index (χ4n) is 4.81. The van der Waals surface area contributed by atoms with Crippen molar-refractivity contribution in [2.45, 2.75) is 64.3 Å². The average molecular weight is 415 g/mol. The second-order valence-corrected chi connectivity index (χ2v) is 8.42. The first-order chi connectivity index (χ1) is 14.7. The molecule has 30 heavy (non-hydrogen) atoms. The zero-order chi connectivity index (χ0) is 20.5. The summed E-state index contributed by atoms with van der Waals surface area (Å²) >= 11 is 0. The molecule has 4 heterocycles. The van der Waals surface area contributed by atoms with Gasteiger partial charge in [0.1, 0.15) is 17.7 Å². The fraction of sp³-hybridized carbons (Fsp3) is 0.522. The summed E-state index contributed by atoms with van der Waals surface area (Å²) in [5.41, 5.74) is 2.13. The molecule has 3 aromatic rings. The van der Waals surface area contributed by atoms with E-state index in [0.29, 0.717) is 0 Å². The third kappa shape index (κ3) is 3.95. The van der Waals surface area contributed by atoms with Crippen molar-refractivity contribution in [3.8, 4) is 5.75 Å². The number of nitrogens with zero attached hydrogens (tertiary/aromatic N) is 4. The number of aromatic nitrogens is 3. The Labute approximate surface area is 175 Å². The lowest BCUT2D eigenvalue weighted by Gasteiger charge is -2.32. The zero-order valence-corrected chi connectivity index (χ0v) is 17.1. The first-order valence-electron chi connectivity index (χ1n) is 11.0. The van der Waals surface area contributed by atoms with Gasteiger partial charge in [-0.05, 0) is 43.9 Å². The van der Waals surface area contributed by atoms with Crippen LogP contribution in [-0.2, 0) is 26.1 Å². The van der Waals surface area contributed by atoms with Gasteiger partial charge in [-0.15, -0.1) is 0 Å². The van der Waals surface area contributed by atoms with E-state index >= 15 is 0 Å². The van der Waals surface area contributed by atoms with Crippen molar-refractivity contribution < 1.29 is 13.5 Å². The summed E-state index contributed by atoms with van der Waals surface area (Å²) in [5.74, 6) is 2.03. The maximum absolute atomic E-state index is 12.8. The van der Waals surface area contributed by atoms with E-state index in [1.807, 2.05) is 30.5 Å². The molecule has 0 atom stereocenters. The number of rotatable bonds is 6. The Morgan fingerprint density at radius 2 is 1.97 bits per heavy atom. The number of benzene rings is 1. The van der Waals surface area contributed by atoms with Crippen molar-refractivity contribution in [1.82, 2.24) is 19.0 Å². The summed E-state index contributed by atoms with van der Waals surface area (Å²) in [6.45, 7) is 3.75. The predicted octanol–water partition coefficient (Wildman–Crippen LogP) is 4.48. The topological polar surface area (TPSA) is 35.2 Å². The number of ether oxygens (including phenoxy) is 1. The summed E-state index contributed by atoms with van der Waals surface area (Å²) in [6, 6.07) is 7.59. The van der Waals surface area contributed by atoms with Gasteiger partial charge in [-0.2, -0.15) is 0 Å². The smallest absolute Gasteiger partial charge is 0.256 e. The van der Waals surface area contributed by atoms with Crippen LogP contribution >= 0.6 is 0 Å². The van der Waals surface area contributed by atoms with Crippen LogP contribution in [0.15, 0.2) is 36.7 Å². The summed E-state index contributed by atoms with van der Waals surface area (Å²) in [5, 5.41) is 0.909. The molecule has 1 fully saturated rings.